The van der Waals surface area contributed by atoms with E-state index < -0.39 is 30.6 Å². The third kappa shape index (κ3) is 5.08. The van der Waals surface area contributed by atoms with Crippen molar-refractivity contribution in [1.29, 1.82) is 5.41 Å². The van der Waals surface area contributed by atoms with Crippen molar-refractivity contribution in [3.05, 3.63) is 76.5 Å². The van der Waals surface area contributed by atoms with Crippen LogP contribution in [0.2, 0.25) is 0 Å². The van der Waals surface area contributed by atoms with Gasteiger partial charge in [0.1, 0.15) is 17.9 Å². The predicted molar refractivity (Wildman–Crippen MR) is 103 cm³/mol. The van der Waals surface area contributed by atoms with Crippen LogP contribution in [0.5, 0.6) is 0 Å². The second-order valence-corrected chi connectivity index (χ2v) is 6.32. The number of nitrogens with one attached hydrogen (secondary N) is 2. The maximum atomic E-state index is 13.0. The molecule has 0 aromatic carbocycles. The van der Waals surface area contributed by atoms with E-state index in [1.165, 1.54) is 28.9 Å². The highest BCUT2D eigenvalue weighted by atomic mass is 19.4. The van der Waals surface area contributed by atoms with Crippen LogP contribution in [0.3, 0.4) is 0 Å². The van der Waals surface area contributed by atoms with Crippen LogP contribution in [-0.2, 0) is 12.7 Å². The highest BCUT2D eigenvalue weighted by Gasteiger charge is 2.32. The van der Waals surface area contributed by atoms with Crippen LogP contribution in [0.4, 0.5) is 22.0 Å². The molecular weight excluding hydrogens is 423 g/mol. The number of allylic oxidation sites excluding steroid dienone is 1. The third-order valence-electron chi connectivity index (χ3n) is 4.20. The summed E-state index contributed by atoms with van der Waals surface area (Å²) in [7, 11) is 0. The van der Waals surface area contributed by atoms with Gasteiger partial charge in [-0.2, -0.15) is 18.1 Å². The maximum Gasteiger partial charge on any atom is 0.433 e. The number of pyridine rings is 2. The van der Waals surface area contributed by atoms with E-state index in [4.69, 9.17) is 5.41 Å². The highest BCUT2D eigenvalue weighted by molar-refractivity contribution is 6.29. The van der Waals surface area contributed by atoms with Gasteiger partial charge in [0.05, 0.1) is 29.8 Å². The minimum Gasteiger partial charge on any atom is -0.385 e. The Labute approximate surface area is 172 Å². The SMILES string of the molecule is N=C(/C(=C\NCC(F)F)c1ccc2ncc(CN=O)n2c1)c1cccc(C(F)(F)F)n1. The van der Waals surface area contributed by atoms with E-state index in [9.17, 15) is 26.9 Å². The number of rotatable bonds is 8. The molecule has 3 aromatic heterocycles. The Morgan fingerprint density at radius 3 is 2.71 bits per heavy atom. The zero-order valence-corrected chi connectivity index (χ0v) is 15.7. The van der Waals surface area contributed by atoms with Gasteiger partial charge in [0, 0.05) is 23.5 Å². The second-order valence-electron chi connectivity index (χ2n) is 6.32. The Bertz CT molecular complexity index is 1140. The van der Waals surface area contributed by atoms with Crippen molar-refractivity contribution in [2.75, 3.05) is 6.54 Å². The minimum absolute atomic E-state index is 0.0214. The first-order chi connectivity index (χ1) is 14.7. The number of aromatic nitrogens is 3. The molecule has 3 aromatic rings. The first-order valence-electron chi connectivity index (χ1n) is 8.81. The van der Waals surface area contributed by atoms with Gasteiger partial charge in [0.2, 0.25) is 0 Å². The molecule has 0 aliphatic rings. The van der Waals surface area contributed by atoms with Gasteiger partial charge in [-0.3, -0.25) is 5.41 Å². The van der Waals surface area contributed by atoms with Gasteiger partial charge < -0.3 is 9.72 Å². The van der Waals surface area contributed by atoms with E-state index in [2.05, 4.69) is 20.5 Å². The van der Waals surface area contributed by atoms with Crippen LogP contribution in [-0.4, -0.2) is 33.1 Å². The molecule has 7 nitrogen and oxygen atoms in total. The first-order valence-corrected chi connectivity index (χ1v) is 8.81. The molecule has 0 fully saturated rings. The monoisotopic (exact) mass is 438 g/mol. The van der Waals surface area contributed by atoms with Gasteiger partial charge in [-0.15, -0.1) is 0 Å². The molecule has 0 aliphatic carbocycles. The average molecular weight is 438 g/mol. The van der Waals surface area contributed by atoms with E-state index in [-0.39, 0.29) is 17.8 Å². The molecule has 0 radical (unpaired) electrons. The van der Waals surface area contributed by atoms with Crippen molar-refractivity contribution in [3.63, 3.8) is 0 Å². The van der Waals surface area contributed by atoms with Crippen molar-refractivity contribution in [2.45, 2.75) is 19.1 Å². The van der Waals surface area contributed by atoms with Crippen molar-refractivity contribution < 1.29 is 22.0 Å². The molecule has 31 heavy (non-hydrogen) atoms. The number of hydrogen-bond donors (Lipinski definition) is 2. The molecule has 3 heterocycles. The van der Waals surface area contributed by atoms with Gasteiger partial charge in [-0.25, -0.2) is 18.7 Å². The normalized spacial score (nSPS) is 12.4. The molecule has 162 valence electrons. The van der Waals surface area contributed by atoms with E-state index in [1.807, 2.05) is 0 Å². The summed E-state index contributed by atoms with van der Waals surface area (Å²) in [6.45, 7) is -0.902. The largest absolute Gasteiger partial charge is 0.433 e. The van der Waals surface area contributed by atoms with Crippen LogP contribution in [0.25, 0.3) is 11.2 Å². The lowest BCUT2D eigenvalue weighted by atomic mass is 10.0. The Morgan fingerprint density at radius 2 is 2.03 bits per heavy atom. The second kappa shape index (κ2) is 8.98. The van der Waals surface area contributed by atoms with Gasteiger partial charge >= 0.3 is 6.18 Å². The topological polar surface area (TPSA) is 95.5 Å². The molecule has 0 saturated heterocycles. The predicted octanol–water partition coefficient (Wildman–Crippen LogP) is 4.28. The highest BCUT2D eigenvalue weighted by Crippen LogP contribution is 2.28. The Morgan fingerprint density at radius 1 is 1.26 bits per heavy atom. The summed E-state index contributed by atoms with van der Waals surface area (Å²) < 4.78 is 65.7. The van der Waals surface area contributed by atoms with E-state index >= 15 is 0 Å². The fraction of sp³-hybridized carbons (Fsp3) is 0.211. The lowest BCUT2D eigenvalue weighted by Crippen LogP contribution is -2.18. The number of imidazole rings is 1. The van der Waals surface area contributed by atoms with E-state index in [1.54, 1.807) is 6.07 Å². The number of fused-ring (bicyclic) bond motifs is 1. The molecule has 12 heteroatoms. The van der Waals surface area contributed by atoms with Crippen molar-refractivity contribution in [3.8, 4) is 0 Å². The fourth-order valence-corrected chi connectivity index (χ4v) is 2.79. The van der Waals surface area contributed by atoms with Crippen molar-refractivity contribution >= 4 is 16.9 Å². The van der Waals surface area contributed by atoms with Crippen LogP contribution < -0.4 is 5.32 Å². The summed E-state index contributed by atoms with van der Waals surface area (Å²) in [6, 6.07) is 6.17. The number of halogens is 5. The molecule has 2 N–H and O–H groups in total. The summed E-state index contributed by atoms with van der Waals surface area (Å²) in [5.41, 5.74) is -0.653. The molecule has 0 bridgehead atoms. The van der Waals surface area contributed by atoms with E-state index in [0.29, 0.717) is 16.9 Å². The number of nitroso groups, excluding NO2 is 1. The number of nitrogens with zero attached hydrogens (tertiary/aromatic N) is 4. The zero-order chi connectivity index (χ0) is 22.6. The summed E-state index contributed by atoms with van der Waals surface area (Å²) in [4.78, 5) is 18.2. The van der Waals surface area contributed by atoms with Crippen molar-refractivity contribution in [2.24, 2.45) is 5.18 Å². The fourth-order valence-electron chi connectivity index (χ4n) is 2.79. The first kappa shape index (κ1) is 22.0. The smallest absolute Gasteiger partial charge is 0.385 e. The van der Waals surface area contributed by atoms with Gasteiger partial charge in [-0.05, 0) is 24.3 Å². The van der Waals surface area contributed by atoms with Crippen LogP contribution in [0, 0.1) is 10.3 Å². The number of hydrogen-bond acceptors (Lipinski definition) is 6. The molecule has 0 saturated carbocycles. The summed E-state index contributed by atoms with van der Waals surface area (Å²) >= 11 is 0. The third-order valence-corrected chi connectivity index (χ3v) is 4.20. The summed E-state index contributed by atoms with van der Waals surface area (Å²) in [5, 5.41) is 13.6. The maximum absolute atomic E-state index is 13.0. The minimum atomic E-state index is -4.71. The molecule has 0 amide bonds. The molecule has 0 aliphatic heterocycles. The molecular formula is C19H15F5N6O. The van der Waals surface area contributed by atoms with Crippen LogP contribution >= 0.6 is 0 Å². The van der Waals surface area contributed by atoms with Crippen molar-refractivity contribution in [1.82, 2.24) is 19.7 Å². The lowest BCUT2D eigenvalue weighted by Gasteiger charge is -2.13. The van der Waals surface area contributed by atoms with Gasteiger partial charge in [-0.1, -0.05) is 11.2 Å². The molecule has 0 unspecified atom stereocenters. The Hall–Kier alpha value is -3.70. The summed E-state index contributed by atoms with van der Waals surface area (Å²) in [6.07, 6.45) is -3.36. The quantitative estimate of drug-likeness (QED) is 0.312. The van der Waals surface area contributed by atoms with E-state index in [0.717, 1.165) is 18.3 Å². The standard InChI is InChI=1S/C19H15F5N6O/c20-16(21)9-26-8-13(18(25)14-2-1-3-15(29-14)19(22,23)24)11-4-5-17-27-6-12(7-28-31)30(17)10-11/h1-6,8,10,16,25-26H,7,9H2/b13-8-,25-18?. The number of alkyl halides is 5. The molecule has 0 spiro atoms. The van der Waals surface area contributed by atoms with Gasteiger partial charge in [0.25, 0.3) is 6.43 Å². The molecule has 3 rings (SSSR count). The van der Waals surface area contributed by atoms with Gasteiger partial charge in [0.15, 0.2) is 0 Å². The zero-order valence-electron chi connectivity index (χ0n) is 15.7. The van der Waals surface area contributed by atoms with Crippen LogP contribution in [0.15, 0.2) is 54.1 Å². The van der Waals surface area contributed by atoms with Crippen LogP contribution in [0.1, 0.15) is 22.6 Å². The lowest BCUT2D eigenvalue weighted by molar-refractivity contribution is -0.141. The average Bonchev–Trinajstić information content (AvgIpc) is 3.12. The molecule has 0 atom stereocenters. The summed E-state index contributed by atoms with van der Waals surface area (Å²) in [5.74, 6) is 0. The Kier molecular flexibility index (Phi) is 6.37. The Balaban J connectivity index is 2.06.